The van der Waals surface area contributed by atoms with Gasteiger partial charge in [-0.1, -0.05) is 20.8 Å². The maximum Gasteiger partial charge on any atom is 0.171 e. The van der Waals surface area contributed by atoms with E-state index in [9.17, 15) is 5.11 Å². The van der Waals surface area contributed by atoms with Crippen LogP contribution in [0.2, 0.25) is 0 Å². The SMILES string of the molecule is COc1cc(/C=[N+](\C)C(C)(C)CC(C)(C)C)ccc1O. The van der Waals surface area contributed by atoms with Crippen molar-refractivity contribution < 1.29 is 14.4 Å². The molecule has 1 aromatic rings. The molecular formula is C17H28NO2+. The lowest BCUT2D eigenvalue weighted by molar-refractivity contribution is -0.574. The standard InChI is InChI=1S/C17H27NO2/c1-16(2,3)12-17(4,5)18(6)11-13-8-9-14(19)15(10-13)20-7/h8-11H,12H2,1-7H3/p+1. The zero-order valence-corrected chi connectivity index (χ0v) is 13.8. The van der Waals surface area contributed by atoms with Gasteiger partial charge in [0.05, 0.1) is 7.11 Å². The number of aromatic hydroxyl groups is 1. The number of ether oxygens (including phenoxy) is 1. The topological polar surface area (TPSA) is 32.5 Å². The zero-order valence-electron chi connectivity index (χ0n) is 13.8. The molecule has 3 nitrogen and oxygen atoms in total. The molecule has 0 amide bonds. The second-order valence-corrected chi connectivity index (χ2v) is 7.22. The quantitative estimate of drug-likeness (QED) is 0.673. The summed E-state index contributed by atoms with van der Waals surface area (Å²) in [6.45, 7) is 11.3. The van der Waals surface area contributed by atoms with E-state index in [4.69, 9.17) is 4.74 Å². The maximum absolute atomic E-state index is 9.63. The van der Waals surface area contributed by atoms with Crippen LogP contribution in [0.25, 0.3) is 0 Å². The van der Waals surface area contributed by atoms with Gasteiger partial charge in [-0.15, -0.1) is 0 Å². The molecule has 3 heteroatoms. The predicted molar refractivity (Wildman–Crippen MR) is 84.2 cm³/mol. The van der Waals surface area contributed by atoms with Crippen molar-refractivity contribution in [3.63, 3.8) is 0 Å². The third kappa shape index (κ3) is 4.55. The van der Waals surface area contributed by atoms with Gasteiger partial charge in [0.15, 0.2) is 23.3 Å². The molecule has 0 saturated heterocycles. The number of rotatable bonds is 4. The van der Waals surface area contributed by atoms with Gasteiger partial charge in [0, 0.05) is 12.0 Å². The van der Waals surface area contributed by atoms with Crippen LogP contribution in [0.15, 0.2) is 18.2 Å². The van der Waals surface area contributed by atoms with Gasteiger partial charge in [0.25, 0.3) is 0 Å². The Morgan fingerprint density at radius 1 is 1.20 bits per heavy atom. The number of phenols is 1. The van der Waals surface area contributed by atoms with Gasteiger partial charge in [-0.05, 0) is 37.5 Å². The molecule has 1 aromatic carbocycles. The van der Waals surface area contributed by atoms with Crippen LogP contribution >= 0.6 is 0 Å². The second kappa shape index (κ2) is 5.86. The van der Waals surface area contributed by atoms with Gasteiger partial charge in [-0.3, -0.25) is 0 Å². The summed E-state index contributed by atoms with van der Waals surface area (Å²) >= 11 is 0. The van der Waals surface area contributed by atoms with E-state index in [2.05, 4.69) is 52.5 Å². The number of benzene rings is 1. The van der Waals surface area contributed by atoms with E-state index < -0.39 is 0 Å². The van der Waals surface area contributed by atoms with Gasteiger partial charge < -0.3 is 9.84 Å². The Kier molecular flexibility index (Phi) is 4.85. The van der Waals surface area contributed by atoms with Crippen LogP contribution in [0.3, 0.4) is 0 Å². The molecule has 0 aromatic heterocycles. The third-order valence-corrected chi connectivity index (χ3v) is 3.46. The first-order chi connectivity index (χ1) is 9.05. The van der Waals surface area contributed by atoms with Gasteiger partial charge in [0.1, 0.15) is 7.05 Å². The first kappa shape index (κ1) is 16.5. The summed E-state index contributed by atoms with van der Waals surface area (Å²) in [5, 5.41) is 9.63. The van der Waals surface area contributed by atoms with E-state index in [1.54, 1.807) is 13.2 Å². The number of hydrogen-bond donors (Lipinski definition) is 1. The monoisotopic (exact) mass is 278 g/mol. The summed E-state index contributed by atoms with van der Waals surface area (Å²) in [6.07, 6.45) is 3.18. The lowest BCUT2D eigenvalue weighted by atomic mass is 9.81. The lowest BCUT2D eigenvalue weighted by Gasteiger charge is -2.28. The van der Waals surface area contributed by atoms with Crippen molar-refractivity contribution >= 4 is 6.21 Å². The Balaban J connectivity index is 3.04. The average Bonchev–Trinajstić information content (AvgIpc) is 2.28. The summed E-state index contributed by atoms with van der Waals surface area (Å²) in [7, 11) is 3.65. The van der Waals surface area contributed by atoms with Crippen molar-refractivity contribution in [3.05, 3.63) is 23.8 Å². The van der Waals surface area contributed by atoms with Gasteiger partial charge in [-0.25, -0.2) is 4.58 Å². The van der Waals surface area contributed by atoms with Crippen molar-refractivity contribution in [2.75, 3.05) is 14.2 Å². The van der Waals surface area contributed by atoms with Crippen LogP contribution in [0.4, 0.5) is 0 Å². The Labute approximate surface area is 122 Å². The highest BCUT2D eigenvalue weighted by Crippen LogP contribution is 2.29. The van der Waals surface area contributed by atoms with E-state index in [0.29, 0.717) is 5.75 Å². The molecule has 0 radical (unpaired) electrons. The summed E-state index contributed by atoms with van der Waals surface area (Å²) in [4.78, 5) is 0. The smallest absolute Gasteiger partial charge is 0.171 e. The minimum Gasteiger partial charge on any atom is -0.504 e. The van der Waals surface area contributed by atoms with E-state index in [0.717, 1.165) is 12.0 Å². The molecule has 20 heavy (non-hydrogen) atoms. The van der Waals surface area contributed by atoms with Gasteiger partial charge in [-0.2, -0.15) is 0 Å². The lowest BCUT2D eigenvalue weighted by Crippen LogP contribution is -2.38. The molecule has 0 aliphatic heterocycles. The molecule has 0 fully saturated rings. The van der Waals surface area contributed by atoms with Crippen LogP contribution in [-0.4, -0.2) is 35.6 Å². The van der Waals surface area contributed by atoms with Crippen molar-refractivity contribution in [3.8, 4) is 11.5 Å². The zero-order chi connectivity index (χ0) is 15.6. The highest BCUT2D eigenvalue weighted by molar-refractivity contribution is 5.77. The summed E-state index contributed by atoms with van der Waals surface area (Å²) < 4.78 is 7.37. The molecule has 0 atom stereocenters. The number of nitrogens with zero attached hydrogens (tertiary/aromatic N) is 1. The molecule has 0 bridgehead atoms. The molecule has 0 heterocycles. The number of methoxy groups -OCH3 is 1. The Bertz CT molecular complexity index is 496. The van der Waals surface area contributed by atoms with E-state index in [-0.39, 0.29) is 16.7 Å². The molecule has 0 aliphatic carbocycles. The van der Waals surface area contributed by atoms with Crippen molar-refractivity contribution in [2.24, 2.45) is 5.41 Å². The second-order valence-electron chi connectivity index (χ2n) is 7.22. The van der Waals surface area contributed by atoms with Gasteiger partial charge in [0.2, 0.25) is 0 Å². The first-order valence-electron chi connectivity index (χ1n) is 7.00. The van der Waals surface area contributed by atoms with Gasteiger partial charge >= 0.3 is 0 Å². The Morgan fingerprint density at radius 2 is 1.80 bits per heavy atom. The normalized spacial score (nSPS) is 13.4. The minimum atomic E-state index is 0.0589. The maximum atomic E-state index is 9.63. The fraction of sp³-hybridized carbons (Fsp3) is 0.588. The van der Waals surface area contributed by atoms with Crippen LogP contribution in [0.1, 0.15) is 46.6 Å². The Hall–Kier alpha value is -1.51. The first-order valence-corrected chi connectivity index (χ1v) is 7.00. The molecule has 0 saturated carbocycles. The molecular weight excluding hydrogens is 250 g/mol. The summed E-state index contributed by atoms with van der Waals surface area (Å²) in [6, 6.07) is 5.40. The van der Waals surface area contributed by atoms with Crippen molar-refractivity contribution in [1.29, 1.82) is 0 Å². The largest absolute Gasteiger partial charge is 0.504 e. The van der Waals surface area contributed by atoms with Crippen molar-refractivity contribution in [1.82, 2.24) is 0 Å². The number of phenolic OH excluding ortho intramolecular Hbond substituents is 1. The van der Waals surface area contributed by atoms with E-state index in [1.165, 1.54) is 0 Å². The average molecular weight is 278 g/mol. The summed E-state index contributed by atoms with van der Waals surface area (Å²) in [5.74, 6) is 0.669. The van der Waals surface area contributed by atoms with Crippen LogP contribution in [-0.2, 0) is 0 Å². The van der Waals surface area contributed by atoms with E-state index >= 15 is 0 Å². The fourth-order valence-electron chi connectivity index (χ4n) is 2.60. The third-order valence-electron chi connectivity index (χ3n) is 3.46. The molecule has 1 rings (SSSR count). The molecule has 0 unspecified atom stereocenters. The minimum absolute atomic E-state index is 0.0589. The Morgan fingerprint density at radius 3 is 2.30 bits per heavy atom. The van der Waals surface area contributed by atoms with E-state index in [1.807, 2.05) is 12.1 Å². The number of hydrogen-bond acceptors (Lipinski definition) is 2. The fourth-order valence-corrected chi connectivity index (χ4v) is 2.60. The van der Waals surface area contributed by atoms with Crippen LogP contribution in [0, 0.1) is 5.41 Å². The van der Waals surface area contributed by atoms with Crippen molar-refractivity contribution in [2.45, 2.75) is 46.6 Å². The van der Waals surface area contributed by atoms with Crippen LogP contribution < -0.4 is 4.74 Å². The molecule has 0 aliphatic rings. The summed E-state index contributed by atoms with van der Waals surface area (Å²) in [5.41, 5.74) is 1.35. The highest BCUT2D eigenvalue weighted by atomic mass is 16.5. The molecule has 1 N–H and O–H groups in total. The molecule has 0 spiro atoms. The molecule has 112 valence electrons. The highest BCUT2D eigenvalue weighted by Gasteiger charge is 2.32. The van der Waals surface area contributed by atoms with Crippen LogP contribution in [0.5, 0.6) is 11.5 Å². The predicted octanol–water partition coefficient (Wildman–Crippen LogP) is 3.68.